The quantitative estimate of drug-likeness (QED) is 0.655. The Kier molecular flexibility index (Phi) is 4.22. The highest BCUT2D eigenvalue weighted by atomic mass is 79.9. The molecule has 0 fully saturated rings. The molecule has 0 aliphatic carbocycles. The summed E-state index contributed by atoms with van der Waals surface area (Å²) >= 11 is 3.16. The Labute approximate surface area is 110 Å². The summed E-state index contributed by atoms with van der Waals surface area (Å²) < 4.78 is 22.1. The average molecular weight is 322 g/mol. The van der Waals surface area contributed by atoms with Crippen molar-refractivity contribution in [2.24, 2.45) is 0 Å². The Morgan fingerprint density at radius 1 is 1.41 bits per heavy atom. The first-order valence-corrected chi connectivity index (χ1v) is 7.83. The second-order valence-electron chi connectivity index (χ2n) is 3.98. The first kappa shape index (κ1) is 14.5. The summed E-state index contributed by atoms with van der Waals surface area (Å²) in [5.74, 6) is 0. The van der Waals surface area contributed by atoms with Gasteiger partial charge in [0.25, 0.3) is 0 Å². The van der Waals surface area contributed by atoms with Crippen LogP contribution in [-0.4, -0.2) is 23.4 Å². The number of nitrogen functional groups attached to an aromatic ring is 1. The number of rotatable bonds is 4. The smallest absolute Gasteiger partial charge is 0.166 e. The predicted molar refractivity (Wildman–Crippen MR) is 72.6 cm³/mol. The summed E-state index contributed by atoms with van der Waals surface area (Å²) in [6, 6.07) is 6.50. The van der Waals surface area contributed by atoms with Crippen LogP contribution in [0.15, 0.2) is 24.3 Å². The summed E-state index contributed by atoms with van der Waals surface area (Å²) in [4.78, 5) is 0. The first-order valence-electron chi connectivity index (χ1n) is 5.14. The number of sulfone groups is 1. The molecule has 0 aliphatic rings. The van der Waals surface area contributed by atoms with Crippen molar-refractivity contribution in [3.63, 3.8) is 0 Å². The molecular formula is C11H16BrNO3S. The molecule has 0 spiro atoms. The molecule has 0 saturated carbocycles. The number of alkyl halides is 1. The Bertz CT molecular complexity index is 486. The molecule has 4 nitrogen and oxygen atoms in total. The standard InChI is InChI=1S/C11H16BrNO3S/c1-3-11(12,17(2,15)16)10(14)8-4-6-9(13)7-5-8/h4-7,10,14H,3,13H2,1-2H3. The van der Waals surface area contributed by atoms with Gasteiger partial charge < -0.3 is 10.8 Å². The van der Waals surface area contributed by atoms with E-state index in [1.807, 2.05) is 0 Å². The van der Waals surface area contributed by atoms with Crippen molar-refractivity contribution < 1.29 is 13.5 Å². The molecule has 2 atom stereocenters. The van der Waals surface area contributed by atoms with E-state index in [0.717, 1.165) is 6.26 Å². The van der Waals surface area contributed by atoms with Crippen LogP contribution in [0.1, 0.15) is 25.0 Å². The van der Waals surface area contributed by atoms with E-state index in [1.54, 1.807) is 31.2 Å². The molecule has 2 unspecified atom stereocenters. The normalized spacial score (nSPS) is 17.4. The second-order valence-corrected chi connectivity index (χ2v) is 8.19. The molecule has 1 aromatic carbocycles. The van der Waals surface area contributed by atoms with Crippen molar-refractivity contribution in [1.82, 2.24) is 0 Å². The highest BCUT2D eigenvalue weighted by Crippen LogP contribution is 2.41. The zero-order valence-electron chi connectivity index (χ0n) is 9.72. The molecule has 0 radical (unpaired) electrons. The van der Waals surface area contributed by atoms with Crippen molar-refractivity contribution in [3.8, 4) is 0 Å². The minimum Gasteiger partial charge on any atom is -0.399 e. The Morgan fingerprint density at radius 3 is 2.24 bits per heavy atom. The van der Waals surface area contributed by atoms with E-state index in [4.69, 9.17) is 5.73 Å². The lowest BCUT2D eigenvalue weighted by Crippen LogP contribution is -2.37. The number of hydrogen-bond acceptors (Lipinski definition) is 4. The minimum absolute atomic E-state index is 0.261. The van der Waals surface area contributed by atoms with Gasteiger partial charge in [-0.3, -0.25) is 0 Å². The maximum absolute atomic E-state index is 11.7. The molecule has 0 bridgehead atoms. The molecule has 96 valence electrons. The summed E-state index contributed by atoms with van der Waals surface area (Å²) in [6.07, 6.45) is 0.228. The van der Waals surface area contributed by atoms with E-state index in [1.165, 1.54) is 0 Å². The van der Waals surface area contributed by atoms with Gasteiger partial charge in [0.1, 0.15) is 6.10 Å². The number of hydrogen-bond donors (Lipinski definition) is 2. The fourth-order valence-corrected chi connectivity index (χ4v) is 2.92. The molecule has 17 heavy (non-hydrogen) atoms. The molecule has 0 saturated heterocycles. The number of benzene rings is 1. The fourth-order valence-electron chi connectivity index (χ4n) is 1.59. The van der Waals surface area contributed by atoms with Gasteiger partial charge in [0.15, 0.2) is 13.5 Å². The van der Waals surface area contributed by atoms with Gasteiger partial charge in [-0.15, -0.1) is 0 Å². The molecule has 0 aromatic heterocycles. The van der Waals surface area contributed by atoms with Crippen LogP contribution in [-0.2, 0) is 9.84 Å². The fraction of sp³-hybridized carbons (Fsp3) is 0.455. The molecule has 0 aliphatic heterocycles. The molecule has 6 heteroatoms. The highest BCUT2D eigenvalue weighted by Gasteiger charge is 2.44. The number of anilines is 1. The third-order valence-corrected chi connectivity index (χ3v) is 7.26. The van der Waals surface area contributed by atoms with E-state index in [0.29, 0.717) is 11.3 Å². The van der Waals surface area contributed by atoms with Crippen molar-refractivity contribution >= 4 is 31.5 Å². The number of nitrogens with two attached hydrogens (primary N) is 1. The summed E-state index contributed by atoms with van der Waals surface area (Å²) in [7, 11) is -3.44. The second kappa shape index (κ2) is 4.96. The zero-order valence-corrected chi connectivity index (χ0v) is 12.1. The molecule has 0 heterocycles. The number of aliphatic hydroxyl groups is 1. The topological polar surface area (TPSA) is 80.4 Å². The lowest BCUT2D eigenvalue weighted by Gasteiger charge is -2.30. The van der Waals surface area contributed by atoms with Crippen molar-refractivity contribution in [1.29, 1.82) is 0 Å². The SMILES string of the molecule is CCC(Br)(C(O)c1ccc(N)cc1)S(C)(=O)=O. The van der Waals surface area contributed by atoms with Gasteiger partial charge in [-0.25, -0.2) is 8.42 Å². The minimum atomic E-state index is -3.44. The molecule has 0 amide bonds. The van der Waals surface area contributed by atoms with Crippen LogP contribution in [0.5, 0.6) is 0 Å². The molecule has 1 rings (SSSR count). The predicted octanol–water partition coefficient (Wildman–Crippen LogP) is 1.85. The van der Waals surface area contributed by atoms with Gasteiger partial charge in [-0.2, -0.15) is 0 Å². The van der Waals surface area contributed by atoms with E-state index < -0.39 is 19.6 Å². The van der Waals surface area contributed by atoms with Gasteiger partial charge in [0.2, 0.25) is 0 Å². The highest BCUT2D eigenvalue weighted by molar-refractivity contribution is 9.11. The van der Waals surface area contributed by atoms with E-state index in [-0.39, 0.29) is 6.42 Å². The summed E-state index contributed by atoms with van der Waals surface area (Å²) in [5.41, 5.74) is 6.63. The largest absolute Gasteiger partial charge is 0.399 e. The Morgan fingerprint density at radius 2 is 1.88 bits per heavy atom. The molecule has 1 aromatic rings. The van der Waals surface area contributed by atoms with Crippen molar-refractivity contribution in [3.05, 3.63) is 29.8 Å². The molecular weight excluding hydrogens is 306 g/mol. The summed E-state index contributed by atoms with van der Waals surface area (Å²) in [6.45, 7) is 1.70. The van der Waals surface area contributed by atoms with E-state index >= 15 is 0 Å². The van der Waals surface area contributed by atoms with Crippen molar-refractivity contribution in [2.75, 3.05) is 12.0 Å². The Balaban J connectivity index is 3.19. The van der Waals surface area contributed by atoms with Gasteiger partial charge in [-0.1, -0.05) is 35.0 Å². The van der Waals surface area contributed by atoms with Crippen LogP contribution < -0.4 is 5.73 Å². The van der Waals surface area contributed by atoms with Gasteiger partial charge >= 0.3 is 0 Å². The number of halogens is 1. The monoisotopic (exact) mass is 321 g/mol. The maximum Gasteiger partial charge on any atom is 0.166 e. The van der Waals surface area contributed by atoms with E-state index in [9.17, 15) is 13.5 Å². The third kappa shape index (κ3) is 2.81. The zero-order chi connectivity index (χ0) is 13.3. The lowest BCUT2D eigenvalue weighted by atomic mass is 10.0. The number of aliphatic hydroxyl groups excluding tert-OH is 1. The lowest BCUT2D eigenvalue weighted by molar-refractivity contribution is 0.160. The van der Waals surface area contributed by atoms with E-state index in [2.05, 4.69) is 15.9 Å². The third-order valence-electron chi connectivity index (χ3n) is 2.76. The first-order chi connectivity index (χ1) is 7.72. The van der Waals surface area contributed by atoms with Crippen LogP contribution in [0.2, 0.25) is 0 Å². The van der Waals surface area contributed by atoms with Gasteiger partial charge in [-0.05, 0) is 24.1 Å². The average Bonchev–Trinajstić information content (AvgIpc) is 2.26. The Hall–Kier alpha value is -0.590. The summed E-state index contributed by atoms with van der Waals surface area (Å²) in [5, 5.41) is 10.2. The van der Waals surface area contributed by atoms with Crippen molar-refractivity contribution in [2.45, 2.75) is 23.1 Å². The molecule has 3 N–H and O–H groups in total. The van der Waals surface area contributed by atoms with Crippen LogP contribution in [0, 0.1) is 0 Å². The van der Waals surface area contributed by atoms with Crippen LogP contribution in [0.4, 0.5) is 5.69 Å². The van der Waals surface area contributed by atoms with Crippen LogP contribution in [0.3, 0.4) is 0 Å². The van der Waals surface area contributed by atoms with Crippen LogP contribution >= 0.6 is 15.9 Å². The maximum atomic E-state index is 11.7. The van der Waals surface area contributed by atoms with Gasteiger partial charge in [0, 0.05) is 11.9 Å². The van der Waals surface area contributed by atoms with Gasteiger partial charge in [0.05, 0.1) is 0 Å². The van der Waals surface area contributed by atoms with Crippen LogP contribution in [0.25, 0.3) is 0 Å².